The summed E-state index contributed by atoms with van der Waals surface area (Å²) in [6, 6.07) is 18.8. The average Bonchev–Trinajstić information content (AvgIpc) is 2.77. The second-order valence-corrected chi connectivity index (χ2v) is 6.53. The molecule has 2 aromatic carbocycles. The van der Waals surface area contributed by atoms with E-state index in [9.17, 15) is 4.79 Å². The Hall–Kier alpha value is -2.97. The molecule has 0 saturated heterocycles. The Labute approximate surface area is 182 Å². The summed E-state index contributed by atoms with van der Waals surface area (Å²) in [6.07, 6.45) is 10.6. The number of anilines is 1. The molecule has 0 spiro atoms. The fourth-order valence-corrected chi connectivity index (χ4v) is 1.99. The second kappa shape index (κ2) is 19.4. The van der Waals surface area contributed by atoms with E-state index >= 15 is 0 Å². The Bertz CT molecular complexity index is 666. The highest BCUT2D eigenvalue weighted by atomic mass is 16.7. The van der Waals surface area contributed by atoms with Crippen molar-refractivity contribution in [2.75, 3.05) is 32.8 Å². The summed E-state index contributed by atoms with van der Waals surface area (Å²) < 4.78 is 10.3. The van der Waals surface area contributed by atoms with Crippen molar-refractivity contribution in [3.63, 3.8) is 0 Å². The van der Waals surface area contributed by atoms with Crippen LogP contribution in [-0.2, 0) is 4.74 Å². The summed E-state index contributed by atoms with van der Waals surface area (Å²) in [7, 11) is 3.34. The Morgan fingerprint density at radius 3 is 2.03 bits per heavy atom. The molecule has 1 N–H and O–H groups in total. The lowest BCUT2D eigenvalue weighted by molar-refractivity contribution is 0.0334. The molecule has 0 aliphatic heterocycles. The number of hydrogen-bond acceptors (Lipinski definition) is 3. The first kappa shape index (κ1) is 27.0. The van der Waals surface area contributed by atoms with Gasteiger partial charge in [0, 0.05) is 25.8 Å². The zero-order valence-electron chi connectivity index (χ0n) is 18.8. The van der Waals surface area contributed by atoms with Crippen LogP contribution in [0, 0.1) is 12.3 Å². The highest BCUT2D eigenvalue weighted by Crippen LogP contribution is 2.17. The summed E-state index contributed by atoms with van der Waals surface area (Å²) in [4.78, 5) is 12.9. The topological polar surface area (TPSA) is 50.8 Å². The monoisotopic (exact) mass is 412 g/mol. The van der Waals surface area contributed by atoms with E-state index < -0.39 is 0 Å². The van der Waals surface area contributed by atoms with Gasteiger partial charge < -0.3 is 19.7 Å². The molecule has 0 unspecified atom stereocenters. The molecule has 2 rings (SSSR count). The van der Waals surface area contributed by atoms with Gasteiger partial charge >= 0.3 is 6.03 Å². The van der Waals surface area contributed by atoms with E-state index in [0.29, 0.717) is 11.4 Å². The second-order valence-electron chi connectivity index (χ2n) is 6.53. The van der Waals surface area contributed by atoms with Crippen molar-refractivity contribution in [3.8, 4) is 18.1 Å². The third-order valence-electron chi connectivity index (χ3n) is 3.61. The standard InChI is InChI=1S/C13H16N2O3.C6H6.C6H14/c1-4-8-17-10-18-12-7-5-6-11(9-12)14-13(16)15(2)3;1-2-4-6-5-3-1;1-3-5-6-4-2/h1,5-7,9H,8,10H2,2-3H3,(H,14,16);1-6H;3-6H2,1-2H3. The third-order valence-corrected chi connectivity index (χ3v) is 3.61. The van der Waals surface area contributed by atoms with Crippen LogP contribution in [-0.4, -0.2) is 38.4 Å². The Balaban J connectivity index is 0.000000568. The van der Waals surface area contributed by atoms with Crippen molar-refractivity contribution < 1.29 is 14.3 Å². The van der Waals surface area contributed by atoms with Crippen molar-refractivity contribution >= 4 is 11.7 Å². The average molecular weight is 413 g/mol. The van der Waals surface area contributed by atoms with E-state index in [4.69, 9.17) is 15.9 Å². The zero-order valence-corrected chi connectivity index (χ0v) is 18.8. The van der Waals surface area contributed by atoms with Crippen molar-refractivity contribution in [1.82, 2.24) is 4.90 Å². The minimum absolute atomic E-state index is 0.0787. The third kappa shape index (κ3) is 16.0. The molecule has 5 nitrogen and oxygen atoms in total. The van der Waals surface area contributed by atoms with Gasteiger partial charge in [-0.2, -0.15) is 0 Å². The van der Waals surface area contributed by atoms with Crippen LogP contribution in [0.3, 0.4) is 0 Å². The summed E-state index contributed by atoms with van der Waals surface area (Å²) in [5.74, 6) is 2.94. The van der Waals surface area contributed by atoms with E-state index in [1.54, 1.807) is 38.4 Å². The van der Waals surface area contributed by atoms with Crippen LogP contribution in [0.4, 0.5) is 10.5 Å². The number of carbonyl (C=O) groups is 1. The molecule has 2 amide bonds. The highest BCUT2D eigenvalue weighted by Gasteiger charge is 2.04. The molecule has 0 fully saturated rings. The van der Waals surface area contributed by atoms with Gasteiger partial charge in [0.15, 0.2) is 6.79 Å². The molecule has 5 heteroatoms. The van der Waals surface area contributed by atoms with Crippen LogP contribution in [0.1, 0.15) is 39.5 Å². The Kier molecular flexibility index (Phi) is 17.4. The number of terminal acetylenes is 1. The van der Waals surface area contributed by atoms with Crippen molar-refractivity contribution in [2.45, 2.75) is 39.5 Å². The molecule has 0 saturated carbocycles. The van der Waals surface area contributed by atoms with Gasteiger partial charge in [0.05, 0.1) is 0 Å². The SMILES string of the molecule is C#CCOCOc1cccc(NC(=O)N(C)C)c1.CCCCCC.c1ccccc1. The number of amides is 2. The van der Waals surface area contributed by atoms with Gasteiger partial charge in [-0.15, -0.1) is 6.42 Å². The molecule has 0 aliphatic carbocycles. The lowest BCUT2D eigenvalue weighted by Crippen LogP contribution is -2.27. The minimum Gasteiger partial charge on any atom is -0.467 e. The fraction of sp³-hybridized carbons (Fsp3) is 0.400. The van der Waals surface area contributed by atoms with E-state index in [2.05, 4.69) is 25.1 Å². The number of nitrogens with one attached hydrogen (secondary N) is 1. The van der Waals surface area contributed by atoms with Gasteiger partial charge in [-0.25, -0.2) is 4.79 Å². The number of unbranched alkanes of at least 4 members (excludes halogenated alkanes) is 3. The van der Waals surface area contributed by atoms with Gasteiger partial charge in [0.2, 0.25) is 0 Å². The number of rotatable bonds is 8. The van der Waals surface area contributed by atoms with Gasteiger partial charge in [-0.05, 0) is 12.1 Å². The first-order valence-electron chi connectivity index (χ1n) is 10.3. The number of benzene rings is 2. The van der Waals surface area contributed by atoms with Crippen molar-refractivity contribution in [2.24, 2.45) is 0 Å². The van der Waals surface area contributed by atoms with E-state index in [1.807, 2.05) is 36.4 Å². The normalized spacial score (nSPS) is 9.03. The molecule has 0 aromatic heterocycles. The summed E-state index contributed by atoms with van der Waals surface area (Å²) in [6.45, 7) is 4.75. The molecule has 0 atom stereocenters. The number of hydrogen-bond donors (Lipinski definition) is 1. The van der Waals surface area contributed by atoms with Gasteiger partial charge in [-0.1, -0.05) is 87.9 Å². The number of nitrogens with zero attached hydrogens (tertiary/aromatic N) is 1. The highest BCUT2D eigenvalue weighted by molar-refractivity contribution is 5.89. The number of urea groups is 1. The Morgan fingerprint density at radius 1 is 1.00 bits per heavy atom. The minimum atomic E-state index is -0.198. The molecule has 0 radical (unpaired) electrons. The number of ether oxygens (including phenoxy) is 2. The van der Waals surface area contributed by atoms with Gasteiger partial charge in [0.1, 0.15) is 12.4 Å². The zero-order chi connectivity index (χ0) is 22.5. The summed E-state index contributed by atoms with van der Waals surface area (Å²) in [5, 5.41) is 2.72. The van der Waals surface area contributed by atoms with Gasteiger partial charge in [0.25, 0.3) is 0 Å². The van der Waals surface area contributed by atoms with Crippen molar-refractivity contribution in [3.05, 3.63) is 60.7 Å². The van der Waals surface area contributed by atoms with E-state index in [-0.39, 0.29) is 19.4 Å². The quantitative estimate of drug-likeness (QED) is 0.327. The fourth-order valence-electron chi connectivity index (χ4n) is 1.99. The predicted octanol–water partition coefficient (Wildman–Crippen LogP) is 6.04. The largest absolute Gasteiger partial charge is 0.467 e. The predicted molar refractivity (Wildman–Crippen MR) is 126 cm³/mol. The first-order chi connectivity index (χ1) is 14.5. The lowest BCUT2D eigenvalue weighted by Gasteiger charge is -2.13. The summed E-state index contributed by atoms with van der Waals surface area (Å²) in [5.41, 5.74) is 0.656. The lowest BCUT2D eigenvalue weighted by atomic mass is 10.2. The van der Waals surface area contributed by atoms with Crippen LogP contribution < -0.4 is 10.1 Å². The van der Waals surface area contributed by atoms with E-state index in [1.165, 1.54) is 30.6 Å². The van der Waals surface area contributed by atoms with Crippen molar-refractivity contribution in [1.29, 1.82) is 0 Å². The maximum atomic E-state index is 11.4. The molecule has 0 heterocycles. The van der Waals surface area contributed by atoms with Crippen LogP contribution in [0.15, 0.2) is 60.7 Å². The summed E-state index contributed by atoms with van der Waals surface area (Å²) >= 11 is 0. The first-order valence-corrected chi connectivity index (χ1v) is 10.3. The molecule has 0 aliphatic rings. The smallest absolute Gasteiger partial charge is 0.321 e. The maximum absolute atomic E-state index is 11.4. The molecular weight excluding hydrogens is 376 g/mol. The molecule has 2 aromatic rings. The van der Waals surface area contributed by atoms with Gasteiger partial charge in [-0.3, -0.25) is 0 Å². The van der Waals surface area contributed by atoms with Crippen LogP contribution in [0.25, 0.3) is 0 Å². The molecule has 164 valence electrons. The van der Waals surface area contributed by atoms with Crippen LogP contribution >= 0.6 is 0 Å². The Morgan fingerprint density at radius 2 is 1.57 bits per heavy atom. The molecular formula is C25H36N2O3. The molecule has 0 bridgehead atoms. The molecule has 30 heavy (non-hydrogen) atoms. The van der Waals surface area contributed by atoms with Crippen LogP contribution in [0.2, 0.25) is 0 Å². The maximum Gasteiger partial charge on any atom is 0.321 e. The number of carbonyl (C=O) groups excluding carboxylic acids is 1. The van der Waals surface area contributed by atoms with Crippen LogP contribution in [0.5, 0.6) is 5.75 Å². The van der Waals surface area contributed by atoms with E-state index in [0.717, 1.165) is 0 Å².